The van der Waals surface area contributed by atoms with Crippen molar-refractivity contribution in [3.05, 3.63) is 70.8 Å². The minimum atomic E-state index is -0.0940. The van der Waals surface area contributed by atoms with Gasteiger partial charge in [0.25, 0.3) is 0 Å². The molecule has 0 atom stereocenters. The number of hydrogen-bond acceptors (Lipinski definition) is 2. The van der Waals surface area contributed by atoms with Crippen molar-refractivity contribution in [3.63, 3.8) is 0 Å². The van der Waals surface area contributed by atoms with Gasteiger partial charge in [-0.1, -0.05) is 60.7 Å². The summed E-state index contributed by atoms with van der Waals surface area (Å²) in [5.41, 5.74) is 2.80. The number of carbonyl (C=O) groups excluding carboxylic acids is 2. The molecule has 100 valence electrons. The van der Waals surface area contributed by atoms with Crippen LogP contribution in [0.15, 0.2) is 48.5 Å². The number of Topliss-reactive ketones (excluding diaryl/α,β-unsaturated/α-hetero) is 2. The number of hydrogen-bond donors (Lipinski definition) is 0. The molecule has 2 heteroatoms. The second-order valence-corrected chi connectivity index (χ2v) is 4.63. The highest BCUT2D eigenvalue weighted by Crippen LogP contribution is 2.19. The number of benzene rings is 2. The van der Waals surface area contributed by atoms with Crippen molar-refractivity contribution >= 4 is 23.7 Å². The Balaban J connectivity index is 2.47. The van der Waals surface area contributed by atoms with E-state index in [1.54, 1.807) is 12.1 Å². The zero-order valence-electron chi connectivity index (χ0n) is 11.6. The van der Waals surface area contributed by atoms with E-state index < -0.39 is 0 Å². The Morgan fingerprint density at radius 1 is 0.800 bits per heavy atom. The monoisotopic (exact) mass is 264 g/mol. The first-order valence-corrected chi connectivity index (χ1v) is 6.47. The minimum Gasteiger partial charge on any atom is -0.294 e. The Hall–Kier alpha value is -2.48. The van der Waals surface area contributed by atoms with Gasteiger partial charge in [0, 0.05) is 11.1 Å². The van der Waals surface area contributed by atoms with E-state index in [1.807, 2.05) is 48.6 Å². The third-order valence-electron chi connectivity index (χ3n) is 3.08. The second-order valence-electron chi connectivity index (χ2n) is 4.63. The van der Waals surface area contributed by atoms with Gasteiger partial charge in [0.15, 0.2) is 11.6 Å². The van der Waals surface area contributed by atoms with E-state index in [0.29, 0.717) is 11.1 Å². The zero-order chi connectivity index (χ0) is 14.5. The third-order valence-corrected chi connectivity index (χ3v) is 3.08. The van der Waals surface area contributed by atoms with Crippen molar-refractivity contribution in [1.82, 2.24) is 0 Å². The first-order valence-electron chi connectivity index (χ1n) is 6.47. The molecular formula is C18H16O2. The molecule has 0 aromatic heterocycles. The molecule has 2 aromatic rings. The van der Waals surface area contributed by atoms with Crippen LogP contribution < -0.4 is 0 Å². The molecule has 20 heavy (non-hydrogen) atoms. The highest BCUT2D eigenvalue weighted by atomic mass is 16.1. The van der Waals surface area contributed by atoms with Gasteiger partial charge in [-0.25, -0.2) is 0 Å². The summed E-state index contributed by atoms with van der Waals surface area (Å²) in [5, 5.41) is 0. The average molecular weight is 264 g/mol. The summed E-state index contributed by atoms with van der Waals surface area (Å²) in [4.78, 5) is 23.4. The predicted molar refractivity (Wildman–Crippen MR) is 81.8 cm³/mol. The van der Waals surface area contributed by atoms with Crippen LogP contribution in [0.4, 0.5) is 0 Å². The molecule has 0 unspecified atom stereocenters. The van der Waals surface area contributed by atoms with E-state index in [1.165, 1.54) is 13.8 Å². The molecule has 0 saturated heterocycles. The maximum absolute atomic E-state index is 11.8. The highest BCUT2D eigenvalue weighted by Gasteiger charge is 2.13. The summed E-state index contributed by atoms with van der Waals surface area (Å²) < 4.78 is 0. The summed E-state index contributed by atoms with van der Waals surface area (Å²) in [6.45, 7) is 2.97. The summed E-state index contributed by atoms with van der Waals surface area (Å²) in [6, 6.07) is 15.2. The molecular weight excluding hydrogens is 248 g/mol. The van der Waals surface area contributed by atoms with Crippen molar-refractivity contribution in [2.45, 2.75) is 13.8 Å². The van der Waals surface area contributed by atoms with Gasteiger partial charge in [-0.05, 0) is 25.0 Å². The van der Waals surface area contributed by atoms with Crippen LogP contribution in [-0.2, 0) is 0 Å². The van der Waals surface area contributed by atoms with Crippen LogP contribution in [0.1, 0.15) is 45.7 Å². The van der Waals surface area contributed by atoms with Gasteiger partial charge in [-0.15, -0.1) is 0 Å². The quantitative estimate of drug-likeness (QED) is 0.610. The van der Waals surface area contributed by atoms with Crippen LogP contribution in [0.3, 0.4) is 0 Å². The Bertz CT molecular complexity index is 667. The van der Waals surface area contributed by atoms with Gasteiger partial charge in [0.1, 0.15) is 0 Å². The van der Waals surface area contributed by atoms with Crippen LogP contribution in [0.5, 0.6) is 0 Å². The van der Waals surface area contributed by atoms with Crippen LogP contribution in [0.25, 0.3) is 12.2 Å². The van der Waals surface area contributed by atoms with E-state index in [-0.39, 0.29) is 11.6 Å². The van der Waals surface area contributed by atoms with Gasteiger partial charge in [0.2, 0.25) is 0 Å². The molecule has 0 aliphatic carbocycles. The maximum Gasteiger partial charge on any atom is 0.161 e. The van der Waals surface area contributed by atoms with Crippen LogP contribution >= 0.6 is 0 Å². The number of ketones is 2. The Morgan fingerprint density at radius 3 is 2.10 bits per heavy atom. The maximum atomic E-state index is 11.8. The van der Waals surface area contributed by atoms with Gasteiger partial charge in [-0.2, -0.15) is 0 Å². The fourth-order valence-corrected chi connectivity index (χ4v) is 2.15. The summed E-state index contributed by atoms with van der Waals surface area (Å²) in [6.07, 6.45) is 3.81. The fourth-order valence-electron chi connectivity index (χ4n) is 2.15. The van der Waals surface area contributed by atoms with Gasteiger partial charge < -0.3 is 0 Å². The molecule has 0 saturated carbocycles. The first-order chi connectivity index (χ1) is 9.59. The summed E-state index contributed by atoms with van der Waals surface area (Å²) in [5.74, 6) is -0.186. The lowest BCUT2D eigenvalue weighted by atomic mass is 9.95. The topological polar surface area (TPSA) is 34.1 Å². The molecule has 0 aliphatic rings. The van der Waals surface area contributed by atoms with Crippen LogP contribution in [0, 0.1) is 0 Å². The minimum absolute atomic E-state index is 0.0924. The van der Waals surface area contributed by atoms with Crippen molar-refractivity contribution < 1.29 is 9.59 Å². The average Bonchev–Trinajstić information content (AvgIpc) is 2.45. The van der Waals surface area contributed by atoms with E-state index in [9.17, 15) is 9.59 Å². The third kappa shape index (κ3) is 3.09. The molecule has 2 rings (SSSR count). The first kappa shape index (κ1) is 13.9. The van der Waals surface area contributed by atoms with Crippen molar-refractivity contribution in [2.24, 2.45) is 0 Å². The lowest BCUT2D eigenvalue weighted by Gasteiger charge is -2.07. The lowest BCUT2D eigenvalue weighted by Crippen LogP contribution is -2.06. The molecule has 0 radical (unpaired) electrons. The smallest absolute Gasteiger partial charge is 0.161 e. The van der Waals surface area contributed by atoms with E-state index in [4.69, 9.17) is 0 Å². The molecule has 2 nitrogen and oxygen atoms in total. The molecule has 0 N–H and O–H groups in total. The Morgan fingerprint density at radius 2 is 1.50 bits per heavy atom. The standard InChI is InChI=1S/C18H16O2/c1-13(19)17-10-6-9-16(18(17)14(2)20)12-11-15-7-4-3-5-8-15/h3-12H,1-2H3. The Labute approximate surface area is 118 Å². The van der Waals surface area contributed by atoms with Gasteiger partial charge in [0.05, 0.1) is 0 Å². The van der Waals surface area contributed by atoms with Crippen LogP contribution in [0.2, 0.25) is 0 Å². The number of rotatable bonds is 4. The largest absolute Gasteiger partial charge is 0.294 e. The lowest BCUT2D eigenvalue weighted by molar-refractivity contribution is 0.0980. The number of carbonyl (C=O) groups is 2. The molecule has 0 fully saturated rings. The highest BCUT2D eigenvalue weighted by molar-refractivity contribution is 6.09. The van der Waals surface area contributed by atoms with Gasteiger partial charge >= 0.3 is 0 Å². The zero-order valence-corrected chi connectivity index (χ0v) is 11.6. The molecule has 0 spiro atoms. The van der Waals surface area contributed by atoms with E-state index in [0.717, 1.165) is 11.1 Å². The molecule has 0 aliphatic heterocycles. The van der Waals surface area contributed by atoms with E-state index >= 15 is 0 Å². The van der Waals surface area contributed by atoms with Crippen molar-refractivity contribution in [3.8, 4) is 0 Å². The molecule has 2 aromatic carbocycles. The summed E-state index contributed by atoms with van der Waals surface area (Å²) in [7, 11) is 0. The molecule has 0 bridgehead atoms. The normalized spacial score (nSPS) is 10.7. The molecule has 0 amide bonds. The SMILES string of the molecule is CC(=O)c1cccc(C=Cc2ccccc2)c1C(C)=O. The second kappa shape index (κ2) is 6.11. The van der Waals surface area contributed by atoms with E-state index in [2.05, 4.69) is 0 Å². The predicted octanol–water partition coefficient (Wildman–Crippen LogP) is 4.26. The fraction of sp³-hybridized carbons (Fsp3) is 0.111. The Kier molecular flexibility index (Phi) is 4.26. The van der Waals surface area contributed by atoms with Gasteiger partial charge in [-0.3, -0.25) is 9.59 Å². The van der Waals surface area contributed by atoms with Crippen LogP contribution in [-0.4, -0.2) is 11.6 Å². The summed E-state index contributed by atoms with van der Waals surface area (Å²) >= 11 is 0. The van der Waals surface area contributed by atoms with Crippen molar-refractivity contribution in [2.75, 3.05) is 0 Å². The molecule has 0 heterocycles. The van der Waals surface area contributed by atoms with Crippen molar-refractivity contribution in [1.29, 1.82) is 0 Å².